The van der Waals surface area contributed by atoms with Gasteiger partial charge in [-0.15, -0.1) is 0 Å². The van der Waals surface area contributed by atoms with Crippen LogP contribution in [0, 0.1) is 5.82 Å². The SMILES string of the molecule is COC1CCN(CC(N)c2ccccc2F)C1. The molecule has 3 nitrogen and oxygen atoms in total. The molecule has 1 fully saturated rings. The Labute approximate surface area is 101 Å². The lowest BCUT2D eigenvalue weighted by Gasteiger charge is -2.21. The maximum Gasteiger partial charge on any atom is 0.128 e. The summed E-state index contributed by atoms with van der Waals surface area (Å²) < 4.78 is 18.8. The summed E-state index contributed by atoms with van der Waals surface area (Å²) in [5.74, 6) is -0.220. The van der Waals surface area contributed by atoms with Gasteiger partial charge in [0.2, 0.25) is 0 Å². The third-order valence-corrected chi connectivity index (χ3v) is 3.32. The van der Waals surface area contributed by atoms with Crippen LogP contribution >= 0.6 is 0 Å². The summed E-state index contributed by atoms with van der Waals surface area (Å²) in [6, 6.07) is 6.44. The van der Waals surface area contributed by atoms with Crippen LogP contribution in [0.5, 0.6) is 0 Å². The summed E-state index contributed by atoms with van der Waals surface area (Å²) in [4.78, 5) is 2.23. The number of methoxy groups -OCH3 is 1. The maximum absolute atomic E-state index is 13.5. The van der Waals surface area contributed by atoms with Crippen LogP contribution < -0.4 is 5.73 Å². The molecule has 0 radical (unpaired) electrons. The second kappa shape index (κ2) is 5.58. The molecular formula is C13H19FN2O. The number of ether oxygens (including phenoxy) is 1. The van der Waals surface area contributed by atoms with Crippen molar-refractivity contribution in [2.75, 3.05) is 26.7 Å². The lowest BCUT2D eigenvalue weighted by Crippen LogP contribution is -2.31. The van der Waals surface area contributed by atoms with E-state index >= 15 is 0 Å². The molecule has 0 amide bonds. The Morgan fingerprint density at radius 2 is 2.29 bits per heavy atom. The van der Waals surface area contributed by atoms with Crippen molar-refractivity contribution < 1.29 is 9.13 Å². The highest BCUT2D eigenvalue weighted by Crippen LogP contribution is 2.19. The maximum atomic E-state index is 13.5. The summed E-state index contributed by atoms with van der Waals surface area (Å²) in [5, 5.41) is 0. The third kappa shape index (κ3) is 3.03. The molecule has 1 saturated heterocycles. The van der Waals surface area contributed by atoms with Crippen molar-refractivity contribution in [3.8, 4) is 0 Å². The number of hydrogen-bond donors (Lipinski definition) is 1. The Morgan fingerprint density at radius 1 is 1.53 bits per heavy atom. The summed E-state index contributed by atoms with van der Waals surface area (Å²) in [5.41, 5.74) is 6.63. The molecule has 17 heavy (non-hydrogen) atoms. The molecule has 4 heteroatoms. The van der Waals surface area contributed by atoms with E-state index in [0.29, 0.717) is 18.2 Å². The molecule has 0 spiro atoms. The van der Waals surface area contributed by atoms with E-state index in [4.69, 9.17) is 10.5 Å². The Kier molecular flexibility index (Phi) is 4.10. The number of nitrogens with two attached hydrogens (primary N) is 1. The number of benzene rings is 1. The fourth-order valence-electron chi connectivity index (χ4n) is 2.31. The zero-order valence-corrected chi connectivity index (χ0v) is 10.1. The zero-order valence-electron chi connectivity index (χ0n) is 10.1. The van der Waals surface area contributed by atoms with Crippen LogP contribution in [-0.4, -0.2) is 37.7 Å². The molecule has 0 bridgehead atoms. The molecule has 2 rings (SSSR count). The number of nitrogens with zero attached hydrogens (tertiary/aromatic N) is 1. The second-order valence-corrected chi connectivity index (χ2v) is 4.53. The van der Waals surface area contributed by atoms with Crippen LogP contribution in [0.2, 0.25) is 0 Å². The van der Waals surface area contributed by atoms with Gasteiger partial charge < -0.3 is 10.5 Å². The van der Waals surface area contributed by atoms with E-state index in [1.54, 1.807) is 19.2 Å². The third-order valence-electron chi connectivity index (χ3n) is 3.32. The summed E-state index contributed by atoms with van der Waals surface area (Å²) in [6.07, 6.45) is 1.32. The van der Waals surface area contributed by atoms with Crippen molar-refractivity contribution >= 4 is 0 Å². The Bertz CT molecular complexity index is 372. The predicted molar refractivity (Wildman–Crippen MR) is 65.2 cm³/mol. The van der Waals surface area contributed by atoms with E-state index in [-0.39, 0.29) is 11.9 Å². The van der Waals surface area contributed by atoms with Crippen LogP contribution in [0.25, 0.3) is 0 Å². The minimum Gasteiger partial charge on any atom is -0.380 e. The molecule has 2 unspecified atom stereocenters. The quantitative estimate of drug-likeness (QED) is 0.865. The van der Waals surface area contributed by atoms with Crippen LogP contribution in [0.15, 0.2) is 24.3 Å². The minimum atomic E-state index is -0.271. The lowest BCUT2D eigenvalue weighted by molar-refractivity contribution is 0.107. The standard InChI is InChI=1S/C13H19FN2O/c1-17-10-6-7-16(8-10)9-13(15)11-4-2-3-5-12(11)14/h2-5,10,13H,6-9,15H2,1H3. The molecule has 1 heterocycles. The van der Waals surface area contributed by atoms with Crippen LogP contribution in [0.3, 0.4) is 0 Å². The van der Waals surface area contributed by atoms with Crippen molar-refractivity contribution in [2.24, 2.45) is 5.73 Å². The van der Waals surface area contributed by atoms with Gasteiger partial charge in [0, 0.05) is 38.3 Å². The number of halogens is 1. The van der Waals surface area contributed by atoms with Crippen LogP contribution in [0.4, 0.5) is 4.39 Å². The zero-order chi connectivity index (χ0) is 12.3. The van der Waals surface area contributed by atoms with E-state index in [0.717, 1.165) is 19.5 Å². The molecule has 1 aromatic carbocycles. The highest BCUT2D eigenvalue weighted by Gasteiger charge is 2.24. The Hall–Kier alpha value is -0.970. The molecule has 2 N–H and O–H groups in total. The molecular weight excluding hydrogens is 219 g/mol. The molecule has 1 aromatic rings. The van der Waals surface area contributed by atoms with E-state index in [1.165, 1.54) is 6.07 Å². The van der Waals surface area contributed by atoms with Gasteiger partial charge in [-0.25, -0.2) is 4.39 Å². The average molecular weight is 238 g/mol. The van der Waals surface area contributed by atoms with E-state index < -0.39 is 0 Å². The number of hydrogen-bond acceptors (Lipinski definition) is 3. The molecule has 0 aromatic heterocycles. The first-order valence-corrected chi connectivity index (χ1v) is 5.96. The van der Waals surface area contributed by atoms with Crippen molar-refractivity contribution in [3.63, 3.8) is 0 Å². The summed E-state index contributed by atoms with van der Waals surface area (Å²) in [7, 11) is 1.73. The Morgan fingerprint density at radius 3 is 2.94 bits per heavy atom. The molecule has 2 atom stereocenters. The van der Waals surface area contributed by atoms with E-state index in [9.17, 15) is 4.39 Å². The first-order valence-electron chi connectivity index (χ1n) is 5.96. The van der Waals surface area contributed by atoms with Gasteiger partial charge in [-0.05, 0) is 12.5 Å². The first kappa shape index (κ1) is 12.5. The minimum absolute atomic E-state index is 0.220. The van der Waals surface area contributed by atoms with Gasteiger partial charge in [-0.1, -0.05) is 18.2 Å². The largest absolute Gasteiger partial charge is 0.380 e. The topological polar surface area (TPSA) is 38.5 Å². The summed E-state index contributed by atoms with van der Waals surface area (Å²) >= 11 is 0. The highest BCUT2D eigenvalue weighted by atomic mass is 19.1. The molecule has 1 aliphatic heterocycles. The summed E-state index contributed by atoms with van der Waals surface area (Å²) in [6.45, 7) is 2.54. The highest BCUT2D eigenvalue weighted by molar-refractivity contribution is 5.21. The predicted octanol–water partition coefficient (Wildman–Crippen LogP) is 1.55. The molecule has 0 aliphatic carbocycles. The van der Waals surface area contributed by atoms with Crippen molar-refractivity contribution in [1.82, 2.24) is 4.90 Å². The fourth-order valence-corrected chi connectivity index (χ4v) is 2.31. The van der Waals surface area contributed by atoms with Gasteiger partial charge in [0.1, 0.15) is 5.82 Å². The van der Waals surface area contributed by atoms with Gasteiger partial charge in [-0.2, -0.15) is 0 Å². The van der Waals surface area contributed by atoms with Crippen LogP contribution in [-0.2, 0) is 4.74 Å². The first-order chi connectivity index (χ1) is 8.20. The smallest absolute Gasteiger partial charge is 0.128 e. The van der Waals surface area contributed by atoms with Gasteiger partial charge >= 0.3 is 0 Å². The second-order valence-electron chi connectivity index (χ2n) is 4.53. The van der Waals surface area contributed by atoms with Crippen molar-refractivity contribution in [3.05, 3.63) is 35.6 Å². The monoisotopic (exact) mass is 238 g/mol. The van der Waals surface area contributed by atoms with Crippen LogP contribution in [0.1, 0.15) is 18.0 Å². The fraction of sp³-hybridized carbons (Fsp3) is 0.538. The van der Waals surface area contributed by atoms with E-state index in [2.05, 4.69) is 4.90 Å². The van der Waals surface area contributed by atoms with Gasteiger partial charge in [-0.3, -0.25) is 4.90 Å². The normalized spacial score (nSPS) is 22.9. The van der Waals surface area contributed by atoms with Crippen molar-refractivity contribution in [1.29, 1.82) is 0 Å². The average Bonchev–Trinajstić information content (AvgIpc) is 2.77. The van der Waals surface area contributed by atoms with Gasteiger partial charge in [0.25, 0.3) is 0 Å². The molecule has 94 valence electrons. The lowest BCUT2D eigenvalue weighted by atomic mass is 10.1. The van der Waals surface area contributed by atoms with E-state index in [1.807, 2.05) is 6.07 Å². The van der Waals surface area contributed by atoms with Gasteiger partial charge in [0.15, 0.2) is 0 Å². The molecule has 0 saturated carbocycles. The number of likely N-dealkylation sites (tertiary alicyclic amines) is 1. The van der Waals surface area contributed by atoms with Crippen molar-refractivity contribution in [2.45, 2.75) is 18.6 Å². The Balaban J connectivity index is 1.94. The number of rotatable bonds is 4. The molecule has 1 aliphatic rings. The van der Waals surface area contributed by atoms with Gasteiger partial charge in [0.05, 0.1) is 6.10 Å².